The Balaban J connectivity index is 2.36. The molecule has 1 aromatic carbocycles. The predicted octanol–water partition coefficient (Wildman–Crippen LogP) is -0.0576. The van der Waals surface area contributed by atoms with Crippen molar-refractivity contribution in [1.29, 1.82) is 0 Å². The molecule has 1 fully saturated rings. The van der Waals surface area contributed by atoms with Crippen LogP contribution in [0.1, 0.15) is 5.56 Å². The van der Waals surface area contributed by atoms with Crippen molar-refractivity contribution >= 4 is 15.7 Å². The minimum absolute atomic E-state index is 0.116. The summed E-state index contributed by atoms with van der Waals surface area (Å²) in [5.74, 6) is 0. The van der Waals surface area contributed by atoms with E-state index in [1.165, 1.54) is 10.4 Å². The monoisotopic (exact) mass is 242 g/mol. The van der Waals surface area contributed by atoms with Crippen LogP contribution < -0.4 is 5.73 Å². The molecular formula is C10H14N2O3S. The van der Waals surface area contributed by atoms with Gasteiger partial charge < -0.3 is 10.8 Å². The molecule has 1 aliphatic rings. The fourth-order valence-electron chi connectivity index (χ4n) is 1.65. The first kappa shape index (κ1) is 11.4. The Hall–Kier alpha value is -1.11. The number of nitrogen functional groups attached to an aromatic ring is 1. The molecule has 1 aromatic rings. The van der Waals surface area contributed by atoms with Crippen LogP contribution in [0.2, 0.25) is 0 Å². The molecule has 1 saturated heterocycles. The van der Waals surface area contributed by atoms with E-state index in [4.69, 9.17) is 10.8 Å². The quantitative estimate of drug-likeness (QED) is 0.712. The van der Waals surface area contributed by atoms with Crippen molar-refractivity contribution in [3.8, 4) is 0 Å². The zero-order valence-corrected chi connectivity index (χ0v) is 9.74. The van der Waals surface area contributed by atoms with Crippen LogP contribution in [0.15, 0.2) is 23.1 Å². The molecule has 2 rings (SSSR count). The molecule has 0 radical (unpaired) electrons. The summed E-state index contributed by atoms with van der Waals surface area (Å²) in [5.41, 5.74) is 6.86. The number of rotatable bonds is 2. The summed E-state index contributed by atoms with van der Waals surface area (Å²) in [6.45, 7) is 2.14. The van der Waals surface area contributed by atoms with Gasteiger partial charge in [-0.15, -0.1) is 0 Å². The standard InChI is InChI=1S/C10H14N2O3S/c1-7-2-3-10(9(11)4-7)16(14,15)12-5-8(13)6-12/h2-4,8,13H,5-6,11H2,1H3. The number of anilines is 1. The number of hydrogen-bond acceptors (Lipinski definition) is 4. The molecule has 0 aliphatic carbocycles. The predicted molar refractivity (Wildman–Crippen MR) is 60.4 cm³/mol. The summed E-state index contributed by atoms with van der Waals surface area (Å²) in [7, 11) is -3.53. The van der Waals surface area contributed by atoms with Gasteiger partial charge in [0.05, 0.1) is 11.8 Å². The number of aliphatic hydroxyl groups excluding tert-OH is 1. The molecule has 88 valence electrons. The first-order valence-electron chi connectivity index (χ1n) is 4.95. The average molecular weight is 242 g/mol. The van der Waals surface area contributed by atoms with Crippen molar-refractivity contribution in [3.05, 3.63) is 23.8 Å². The molecule has 16 heavy (non-hydrogen) atoms. The molecule has 0 saturated carbocycles. The average Bonchev–Trinajstić information content (AvgIpc) is 2.12. The van der Waals surface area contributed by atoms with Crippen molar-refractivity contribution in [2.45, 2.75) is 17.9 Å². The summed E-state index contributed by atoms with van der Waals surface area (Å²) in [6, 6.07) is 4.84. The second kappa shape index (κ2) is 3.73. The number of nitrogens with two attached hydrogens (primary N) is 1. The number of nitrogens with zero attached hydrogens (tertiary/aromatic N) is 1. The summed E-state index contributed by atoms with van der Waals surface area (Å²) >= 11 is 0. The van der Waals surface area contributed by atoms with Gasteiger partial charge in [-0.2, -0.15) is 4.31 Å². The van der Waals surface area contributed by atoms with Crippen molar-refractivity contribution < 1.29 is 13.5 Å². The molecule has 6 heteroatoms. The van der Waals surface area contributed by atoms with Gasteiger partial charge in [-0.25, -0.2) is 8.42 Å². The van der Waals surface area contributed by atoms with Gasteiger partial charge in [0, 0.05) is 13.1 Å². The first-order chi connectivity index (χ1) is 7.41. The molecule has 1 heterocycles. The minimum atomic E-state index is -3.53. The number of benzene rings is 1. The molecule has 0 bridgehead atoms. The highest BCUT2D eigenvalue weighted by Crippen LogP contribution is 2.26. The van der Waals surface area contributed by atoms with Gasteiger partial charge in [-0.1, -0.05) is 6.07 Å². The molecule has 3 N–H and O–H groups in total. The summed E-state index contributed by atoms with van der Waals surface area (Å²) < 4.78 is 25.3. The Morgan fingerprint density at radius 2 is 2.06 bits per heavy atom. The van der Waals surface area contributed by atoms with E-state index in [0.29, 0.717) is 0 Å². The molecule has 0 unspecified atom stereocenters. The van der Waals surface area contributed by atoms with Crippen LogP contribution in [-0.4, -0.2) is 37.0 Å². The Morgan fingerprint density at radius 3 is 2.56 bits per heavy atom. The van der Waals surface area contributed by atoms with Gasteiger partial charge >= 0.3 is 0 Å². The zero-order valence-electron chi connectivity index (χ0n) is 8.92. The maximum atomic E-state index is 12.0. The zero-order chi connectivity index (χ0) is 11.9. The van der Waals surface area contributed by atoms with Crippen molar-refractivity contribution in [1.82, 2.24) is 4.31 Å². The van der Waals surface area contributed by atoms with E-state index < -0.39 is 16.1 Å². The van der Waals surface area contributed by atoms with E-state index in [2.05, 4.69) is 0 Å². The van der Waals surface area contributed by atoms with E-state index in [0.717, 1.165) is 5.56 Å². The maximum Gasteiger partial charge on any atom is 0.245 e. The number of sulfonamides is 1. The van der Waals surface area contributed by atoms with Crippen molar-refractivity contribution in [2.24, 2.45) is 0 Å². The molecule has 0 spiro atoms. The topological polar surface area (TPSA) is 83.6 Å². The summed E-state index contributed by atoms with van der Waals surface area (Å²) in [4.78, 5) is 0.116. The highest BCUT2D eigenvalue weighted by Gasteiger charge is 2.36. The Labute approximate surface area is 94.5 Å². The molecule has 5 nitrogen and oxygen atoms in total. The van der Waals surface area contributed by atoms with E-state index >= 15 is 0 Å². The Morgan fingerprint density at radius 1 is 1.44 bits per heavy atom. The number of aryl methyl sites for hydroxylation is 1. The maximum absolute atomic E-state index is 12.0. The van der Waals surface area contributed by atoms with Crippen LogP contribution in [0.25, 0.3) is 0 Å². The lowest BCUT2D eigenvalue weighted by molar-refractivity contribution is 0.0548. The van der Waals surface area contributed by atoms with Crippen molar-refractivity contribution in [2.75, 3.05) is 18.8 Å². The molecule has 0 aromatic heterocycles. The lowest BCUT2D eigenvalue weighted by Crippen LogP contribution is -2.53. The summed E-state index contributed by atoms with van der Waals surface area (Å²) in [6.07, 6.45) is -0.554. The van der Waals surface area contributed by atoms with Crippen LogP contribution in [-0.2, 0) is 10.0 Å². The van der Waals surface area contributed by atoms with Gasteiger partial charge in [-0.05, 0) is 24.6 Å². The summed E-state index contributed by atoms with van der Waals surface area (Å²) in [5, 5.41) is 9.10. The first-order valence-corrected chi connectivity index (χ1v) is 6.39. The number of hydrogen-bond donors (Lipinski definition) is 2. The van der Waals surface area contributed by atoms with E-state index in [9.17, 15) is 8.42 Å². The van der Waals surface area contributed by atoms with Crippen LogP contribution in [0.5, 0.6) is 0 Å². The molecule has 0 atom stereocenters. The largest absolute Gasteiger partial charge is 0.398 e. The van der Waals surface area contributed by atoms with Gasteiger partial charge in [-0.3, -0.25) is 0 Å². The highest BCUT2D eigenvalue weighted by atomic mass is 32.2. The van der Waals surface area contributed by atoms with Gasteiger partial charge in [0.2, 0.25) is 10.0 Å². The molecular weight excluding hydrogens is 228 g/mol. The molecule has 0 amide bonds. The lowest BCUT2D eigenvalue weighted by Gasteiger charge is -2.34. The Kier molecular flexibility index (Phi) is 2.65. The van der Waals surface area contributed by atoms with Crippen LogP contribution in [0.3, 0.4) is 0 Å². The van der Waals surface area contributed by atoms with Gasteiger partial charge in [0.15, 0.2) is 0 Å². The second-order valence-electron chi connectivity index (χ2n) is 4.02. The minimum Gasteiger partial charge on any atom is -0.398 e. The fourth-order valence-corrected chi connectivity index (χ4v) is 3.27. The van der Waals surface area contributed by atoms with Gasteiger partial charge in [0.1, 0.15) is 4.90 Å². The normalized spacial score (nSPS) is 18.4. The highest BCUT2D eigenvalue weighted by molar-refractivity contribution is 7.89. The third kappa shape index (κ3) is 1.79. The SMILES string of the molecule is Cc1ccc(S(=O)(=O)N2CC(O)C2)c(N)c1. The lowest BCUT2D eigenvalue weighted by atomic mass is 10.2. The number of aliphatic hydroxyl groups is 1. The second-order valence-corrected chi connectivity index (χ2v) is 5.92. The van der Waals surface area contributed by atoms with E-state index in [1.54, 1.807) is 12.1 Å². The Bertz CT molecular complexity index is 507. The molecule has 1 aliphatic heterocycles. The smallest absolute Gasteiger partial charge is 0.245 e. The third-order valence-electron chi connectivity index (χ3n) is 2.61. The van der Waals surface area contributed by atoms with Crippen LogP contribution in [0.4, 0.5) is 5.69 Å². The fraction of sp³-hybridized carbons (Fsp3) is 0.400. The van der Waals surface area contributed by atoms with Crippen molar-refractivity contribution in [3.63, 3.8) is 0 Å². The van der Waals surface area contributed by atoms with E-state index in [1.807, 2.05) is 6.92 Å². The van der Waals surface area contributed by atoms with Crippen LogP contribution >= 0.6 is 0 Å². The number of β-amino-alcohol motifs (C(OH)–C–C–N with tert-alkyl or cyclic N) is 1. The van der Waals surface area contributed by atoms with E-state index in [-0.39, 0.29) is 23.7 Å². The third-order valence-corrected chi connectivity index (χ3v) is 4.52. The van der Waals surface area contributed by atoms with Gasteiger partial charge in [0.25, 0.3) is 0 Å². The van der Waals surface area contributed by atoms with Crippen LogP contribution in [0, 0.1) is 6.92 Å².